The first-order valence-corrected chi connectivity index (χ1v) is 8.72. The molecule has 0 aliphatic rings. The zero-order valence-corrected chi connectivity index (χ0v) is 14.9. The van der Waals surface area contributed by atoms with Gasteiger partial charge in [0.05, 0.1) is 17.2 Å². The van der Waals surface area contributed by atoms with Crippen molar-refractivity contribution in [3.8, 4) is 0 Å². The predicted octanol–water partition coefficient (Wildman–Crippen LogP) is 3.47. The summed E-state index contributed by atoms with van der Waals surface area (Å²) in [6.07, 6.45) is 0.538. The van der Waals surface area contributed by atoms with E-state index in [1.165, 1.54) is 0 Å². The Hall–Kier alpha value is -1.54. The fraction of sp³-hybridized carbons (Fsp3) is 0.188. The maximum absolute atomic E-state index is 11.5. The minimum absolute atomic E-state index is 0.461. The van der Waals surface area contributed by atoms with E-state index in [1.807, 2.05) is 55.5 Å². The van der Waals surface area contributed by atoms with Crippen LogP contribution < -0.4 is 4.89 Å². The number of hydrogen-bond acceptors (Lipinski definition) is 4. The highest BCUT2D eigenvalue weighted by molar-refractivity contribution is 9.10. The first-order chi connectivity index (χ1) is 11.0. The summed E-state index contributed by atoms with van der Waals surface area (Å²) >= 11 is 0.707. The number of nitrogens with one attached hydrogen (secondary N) is 1. The smallest absolute Gasteiger partial charge is 0.333 e. The van der Waals surface area contributed by atoms with Crippen LogP contribution in [0.3, 0.4) is 0 Å². The van der Waals surface area contributed by atoms with Crippen LogP contribution in [0.4, 0.5) is 0 Å². The van der Waals surface area contributed by atoms with Gasteiger partial charge in [0.2, 0.25) is 0 Å². The Morgan fingerprint density at radius 3 is 2.09 bits per heavy atom. The molecule has 2 unspecified atom stereocenters. The molecule has 0 heterocycles. The van der Waals surface area contributed by atoms with E-state index >= 15 is 0 Å². The highest BCUT2D eigenvalue weighted by Crippen LogP contribution is 2.20. The molecule has 1 N–H and O–H groups in total. The minimum Gasteiger partial charge on any atom is -0.758 e. The van der Waals surface area contributed by atoms with Crippen LogP contribution in [0.5, 0.6) is 0 Å². The molecule has 2 rings (SSSR count). The molecule has 0 radical (unpaired) electrons. The van der Waals surface area contributed by atoms with Crippen molar-refractivity contribution in [2.75, 3.05) is 0 Å². The maximum atomic E-state index is 11.5. The maximum Gasteiger partial charge on any atom is 0.333 e. The summed E-state index contributed by atoms with van der Waals surface area (Å²) < 4.78 is 21.5. The van der Waals surface area contributed by atoms with Gasteiger partial charge in [0.25, 0.3) is 0 Å². The van der Waals surface area contributed by atoms with Crippen LogP contribution in [-0.4, -0.2) is 14.7 Å². The van der Waals surface area contributed by atoms with Crippen LogP contribution in [0.25, 0.3) is 0 Å². The molecule has 0 aromatic heterocycles. The monoisotopic (exact) mass is 398 g/mol. The molecule has 23 heavy (non-hydrogen) atoms. The van der Waals surface area contributed by atoms with E-state index in [4.69, 9.17) is 0 Å². The van der Waals surface area contributed by atoms with Crippen molar-refractivity contribution in [2.45, 2.75) is 19.3 Å². The van der Waals surface area contributed by atoms with Crippen LogP contribution >= 0.6 is 15.9 Å². The fourth-order valence-electron chi connectivity index (χ4n) is 1.78. The molecule has 0 fully saturated rings. The van der Waals surface area contributed by atoms with Gasteiger partial charge in [-0.25, -0.2) is 4.79 Å². The van der Waals surface area contributed by atoms with Crippen molar-refractivity contribution < 1.29 is 18.4 Å². The molecule has 0 spiro atoms. The quantitative estimate of drug-likeness (QED) is 0.617. The van der Waals surface area contributed by atoms with Crippen molar-refractivity contribution in [2.24, 2.45) is 0 Å². The van der Waals surface area contributed by atoms with Gasteiger partial charge in [0.1, 0.15) is 0 Å². The number of hydrogen-bond donors (Lipinski definition) is 1. The Morgan fingerprint density at radius 2 is 1.70 bits per heavy atom. The number of halogens is 1. The number of carbonyl (C=O) groups is 1. The second-order valence-electron chi connectivity index (χ2n) is 4.41. The van der Waals surface area contributed by atoms with Crippen molar-refractivity contribution >= 4 is 33.2 Å². The third kappa shape index (κ3) is 8.03. The van der Waals surface area contributed by atoms with Gasteiger partial charge in [-0.3, -0.25) is 4.21 Å². The van der Waals surface area contributed by atoms with Gasteiger partial charge in [-0.05, 0) is 24.1 Å². The second-order valence-corrected chi connectivity index (χ2v) is 5.96. The van der Waals surface area contributed by atoms with Crippen LogP contribution in [0, 0.1) is 0 Å². The average Bonchev–Trinajstić information content (AvgIpc) is 2.56. The first-order valence-electron chi connectivity index (χ1n) is 6.85. The molecule has 0 aliphatic carbocycles. The molecule has 7 heteroatoms. The van der Waals surface area contributed by atoms with Crippen LogP contribution in [0.15, 0.2) is 65.1 Å². The molecular weight excluding hydrogens is 382 g/mol. The molecule has 124 valence electrons. The molecule has 2 atom stereocenters. The third-order valence-corrected chi connectivity index (χ3v) is 3.59. The lowest BCUT2D eigenvalue weighted by Gasteiger charge is -2.14. The number of rotatable bonds is 5. The molecule has 5 nitrogen and oxygen atoms in total. The van der Waals surface area contributed by atoms with Gasteiger partial charge in [-0.1, -0.05) is 76.3 Å². The molecular formula is C16H17BrNO4S-. The Morgan fingerprint density at radius 1 is 1.17 bits per heavy atom. The molecule has 0 bridgehead atoms. The predicted molar refractivity (Wildman–Crippen MR) is 91.8 cm³/mol. The summed E-state index contributed by atoms with van der Waals surface area (Å²) in [4.78, 5) is 17.5. The molecule has 0 amide bonds. The summed E-state index contributed by atoms with van der Waals surface area (Å²) in [6.45, 7) is 1.83. The summed E-state index contributed by atoms with van der Waals surface area (Å²) in [5, 5.41) is 0. The average molecular weight is 399 g/mol. The summed E-state index contributed by atoms with van der Waals surface area (Å²) in [5.41, 5.74) is 0.800. The topological polar surface area (TPSA) is 78.5 Å². The summed E-state index contributed by atoms with van der Waals surface area (Å²) in [5.74, 6) is -1.07. The molecule has 0 aliphatic heterocycles. The second kappa shape index (κ2) is 11.1. The van der Waals surface area contributed by atoms with Crippen molar-refractivity contribution in [1.82, 2.24) is 4.89 Å². The number of benzene rings is 2. The Bertz CT molecular complexity index is 610. The highest BCUT2D eigenvalue weighted by atomic mass is 79.9. The van der Waals surface area contributed by atoms with Gasteiger partial charge < -0.3 is 9.39 Å². The van der Waals surface area contributed by atoms with E-state index in [1.54, 1.807) is 17.0 Å². The van der Waals surface area contributed by atoms with Crippen LogP contribution in [0.1, 0.15) is 24.8 Å². The van der Waals surface area contributed by atoms with E-state index in [9.17, 15) is 13.6 Å². The molecule has 2 aromatic rings. The lowest BCUT2D eigenvalue weighted by atomic mass is 9.97. The zero-order chi connectivity index (χ0) is 17.1. The first kappa shape index (κ1) is 19.5. The van der Waals surface area contributed by atoms with Gasteiger partial charge >= 0.3 is 5.97 Å². The van der Waals surface area contributed by atoms with E-state index in [0.29, 0.717) is 6.42 Å². The largest absolute Gasteiger partial charge is 0.758 e. The zero-order valence-electron chi connectivity index (χ0n) is 12.5. The lowest BCUT2D eigenvalue weighted by molar-refractivity contribution is -0.149. The SMILES string of the molecule is Brc1ccccc1.CCC(C(=O)ONS(=O)[O-])c1ccccc1. The van der Waals surface area contributed by atoms with E-state index in [2.05, 4.69) is 20.8 Å². The van der Waals surface area contributed by atoms with Crippen LogP contribution in [-0.2, 0) is 20.9 Å². The van der Waals surface area contributed by atoms with Gasteiger partial charge in [-0.2, -0.15) is 0 Å². The standard InChI is InChI=1S/C10H13NO4S.C6H5Br/c1-2-9(8-6-4-3-5-7-8)10(12)15-11-16(13)14;7-6-4-2-1-3-5-6/h3-7,9,11H,2H2,1H3,(H,13,14);1-5H/p-1. The Kier molecular flexibility index (Phi) is 9.39. The van der Waals surface area contributed by atoms with Crippen molar-refractivity contribution in [3.63, 3.8) is 0 Å². The van der Waals surface area contributed by atoms with Crippen molar-refractivity contribution in [3.05, 3.63) is 70.7 Å². The van der Waals surface area contributed by atoms with E-state index < -0.39 is 23.2 Å². The van der Waals surface area contributed by atoms with Crippen molar-refractivity contribution in [1.29, 1.82) is 0 Å². The molecule has 2 aromatic carbocycles. The van der Waals surface area contributed by atoms with Crippen LogP contribution in [0.2, 0.25) is 0 Å². The molecule has 0 saturated heterocycles. The Labute approximate surface area is 146 Å². The van der Waals surface area contributed by atoms with E-state index in [-0.39, 0.29) is 0 Å². The Balaban J connectivity index is 0.000000313. The van der Waals surface area contributed by atoms with Gasteiger partial charge in [-0.15, -0.1) is 0 Å². The lowest BCUT2D eigenvalue weighted by Crippen LogP contribution is -2.25. The third-order valence-electron chi connectivity index (χ3n) is 2.84. The van der Waals surface area contributed by atoms with E-state index in [0.717, 1.165) is 10.0 Å². The fourth-order valence-corrected chi connectivity index (χ4v) is 2.24. The number of carbonyl (C=O) groups excluding carboxylic acids is 1. The van der Waals surface area contributed by atoms with Gasteiger partial charge in [0.15, 0.2) is 0 Å². The summed E-state index contributed by atoms with van der Waals surface area (Å²) in [7, 11) is 0. The highest BCUT2D eigenvalue weighted by Gasteiger charge is 2.20. The molecule has 0 saturated carbocycles. The minimum atomic E-state index is -2.60. The summed E-state index contributed by atoms with van der Waals surface area (Å²) in [6, 6.07) is 19.0. The normalized spacial score (nSPS) is 12.5. The van der Waals surface area contributed by atoms with Gasteiger partial charge in [0, 0.05) is 4.47 Å².